The van der Waals surface area contributed by atoms with Gasteiger partial charge < -0.3 is 5.73 Å². The highest BCUT2D eigenvalue weighted by Gasteiger charge is 1.97. The summed E-state index contributed by atoms with van der Waals surface area (Å²) in [6.07, 6.45) is 1.68. The zero-order valence-electron chi connectivity index (χ0n) is 5.10. The van der Waals surface area contributed by atoms with Gasteiger partial charge in [0.05, 0.1) is 5.02 Å². The van der Waals surface area contributed by atoms with Crippen molar-refractivity contribution in [1.29, 1.82) is 0 Å². The van der Waals surface area contributed by atoms with Gasteiger partial charge in [0.15, 0.2) is 0 Å². The predicted molar refractivity (Wildman–Crippen MR) is 40.7 cm³/mol. The van der Waals surface area contributed by atoms with Crippen molar-refractivity contribution >= 4 is 23.6 Å². The summed E-state index contributed by atoms with van der Waals surface area (Å²) in [4.78, 5) is 10.1. The minimum atomic E-state index is 0.343. The maximum Gasteiger partial charge on any atom is 0.235 e. The van der Waals surface area contributed by atoms with E-state index >= 15 is 0 Å². The largest absolute Gasteiger partial charge is 0.399 e. The Hall–Kier alpha value is -1.02. The Morgan fingerprint density at radius 2 is 2.20 bits per heavy atom. The van der Waals surface area contributed by atoms with Crippen LogP contribution < -0.4 is 5.73 Å². The maximum atomic E-state index is 10.1. The average molecular weight is 155 g/mol. The Labute approximate surface area is 63.6 Å². The molecule has 2 nitrogen and oxygen atoms in total. The molecular weight excluding hydrogens is 150 g/mol. The average Bonchev–Trinajstić information content (AvgIpc) is 1.88. The highest BCUT2D eigenvalue weighted by Crippen LogP contribution is 2.16. The summed E-state index contributed by atoms with van der Waals surface area (Å²) in [6, 6.07) is 4.65. The Balaban J connectivity index is 3.19. The summed E-state index contributed by atoms with van der Waals surface area (Å²) in [5.74, 6) is 0. The molecule has 1 radical (unpaired) electrons. The molecule has 1 aromatic carbocycles. The smallest absolute Gasteiger partial charge is 0.235 e. The Kier molecular flexibility index (Phi) is 1.92. The van der Waals surface area contributed by atoms with Gasteiger partial charge >= 0.3 is 0 Å². The van der Waals surface area contributed by atoms with Crippen LogP contribution in [-0.2, 0) is 4.79 Å². The molecule has 1 rings (SSSR count). The van der Waals surface area contributed by atoms with Crippen molar-refractivity contribution in [3.8, 4) is 0 Å². The Morgan fingerprint density at radius 1 is 1.50 bits per heavy atom. The number of hydrogen-bond donors (Lipinski definition) is 1. The summed E-state index contributed by atoms with van der Waals surface area (Å²) < 4.78 is 0. The van der Waals surface area contributed by atoms with Crippen molar-refractivity contribution in [2.75, 3.05) is 5.73 Å². The molecule has 3 heteroatoms. The normalized spacial score (nSPS) is 9.30. The molecule has 0 fully saturated rings. The molecular formula is C7H5ClNO. The summed E-state index contributed by atoms with van der Waals surface area (Å²) >= 11 is 5.59. The van der Waals surface area contributed by atoms with Crippen molar-refractivity contribution in [3.05, 3.63) is 28.8 Å². The quantitative estimate of drug-likeness (QED) is 0.621. The molecule has 0 atom stereocenters. The Bertz CT molecular complexity index is 260. The minimum Gasteiger partial charge on any atom is -0.399 e. The first kappa shape index (κ1) is 7.09. The topological polar surface area (TPSA) is 43.1 Å². The fourth-order valence-corrected chi connectivity index (χ4v) is 0.842. The van der Waals surface area contributed by atoms with Gasteiger partial charge in [-0.15, -0.1) is 0 Å². The molecule has 0 aliphatic carbocycles. The van der Waals surface area contributed by atoms with E-state index in [1.54, 1.807) is 12.4 Å². The van der Waals surface area contributed by atoms with Gasteiger partial charge in [-0.2, -0.15) is 0 Å². The molecule has 10 heavy (non-hydrogen) atoms. The van der Waals surface area contributed by atoms with Crippen LogP contribution in [0.3, 0.4) is 0 Å². The van der Waals surface area contributed by atoms with Gasteiger partial charge in [-0.3, -0.25) is 4.79 Å². The van der Waals surface area contributed by atoms with Crippen molar-refractivity contribution < 1.29 is 4.79 Å². The van der Waals surface area contributed by atoms with Crippen LogP contribution in [-0.4, -0.2) is 6.29 Å². The van der Waals surface area contributed by atoms with Gasteiger partial charge in [-0.1, -0.05) is 11.6 Å². The highest BCUT2D eigenvalue weighted by atomic mass is 35.5. The first-order valence-corrected chi connectivity index (χ1v) is 3.05. The van der Waals surface area contributed by atoms with Gasteiger partial charge in [0.25, 0.3) is 0 Å². The molecule has 1 aromatic rings. The molecule has 0 saturated carbocycles. The fourth-order valence-electron chi connectivity index (χ4n) is 0.614. The molecule has 2 N–H and O–H groups in total. The van der Waals surface area contributed by atoms with E-state index < -0.39 is 0 Å². The zero-order valence-corrected chi connectivity index (χ0v) is 5.85. The highest BCUT2D eigenvalue weighted by molar-refractivity contribution is 6.33. The summed E-state index contributed by atoms with van der Waals surface area (Å²) in [5.41, 5.74) is 6.26. The molecule has 0 aliphatic rings. The third-order valence-corrected chi connectivity index (χ3v) is 1.42. The lowest BCUT2D eigenvalue weighted by Gasteiger charge is -1.94. The minimum absolute atomic E-state index is 0.343. The molecule has 0 aliphatic heterocycles. The number of rotatable bonds is 1. The predicted octanol–water partition coefficient (Wildman–Crippen LogP) is 1.38. The second kappa shape index (κ2) is 2.71. The molecule has 0 spiro atoms. The second-order valence-corrected chi connectivity index (χ2v) is 2.25. The summed E-state index contributed by atoms with van der Waals surface area (Å²) in [5, 5.41) is 0.343. The van der Waals surface area contributed by atoms with Crippen molar-refractivity contribution in [1.82, 2.24) is 0 Å². The third kappa shape index (κ3) is 1.28. The van der Waals surface area contributed by atoms with E-state index in [0.717, 1.165) is 0 Å². The number of nitrogens with two attached hydrogens (primary N) is 1. The first-order chi connectivity index (χ1) is 4.74. The molecule has 0 amide bonds. The number of nitrogen functional groups attached to an aromatic ring is 1. The van der Waals surface area contributed by atoms with Crippen molar-refractivity contribution in [3.63, 3.8) is 0 Å². The number of carbonyl (C=O) groups excluding carboxylic acids is 1. The SMILES string of the molecule is Nc1ccc([C]=O)c(Cl)c1. The zero-order chi connectivity index (χ0) is 7.56. The second-order valence-electron chi connectivity index (χ2n) is 1.84. The standard InChI is InChI=1S/C7H5ClNO/c8-7-3-6(9)2-1-5(7)4-10/h1-3H,9H2. The first-order valence-electron chi connectivity index (χ1n) is 2.67. The van der Waals surface area contributed by atoms with E-state index in [1.165, 1.54) is 12.1 Å². The van der Waals surface area contributed by atoms with E-state index in [2.05, 4.69) is 0 Å². The van der Waals surface area contributed by atoms with Crippen LogP contribution >= 0.6 is 11.6 Å². The van der Waals surface area contributed by atoms with E-state index in [-0.39, 0.29) is 0 Å². The Morgan fingerprint density at radius 3 is 2.70 bits per heavy atom. The molecule has 51 valence electrons. The molecule has 0 heterocycles. The number of halogens is 1. The fraction of sp³-hybridized carbons (Fsp3) is 0. The number of benzene rings is 1. The molecule has 0 unspecified atom stereocenters. The summed E-state index contributed by atoms with van der Waals surface area (Å²) in [7, 11) is 0. The molecule has 0 saturated heterocycles. The van der Waals surface area contributed by atoms with Gasteiger partial charge in [-0.25, -0.2) is 0 Å². The van der Waals surface area contributed by atoms with Gasteiger partial charge in [0, 0.05) is 11.3 Å². The number of anilines is 1. The van der Waals surface area contributed by atoms with Gasteiger partial charge in [0.1, 0.15) is 0 Å². The van der Waals surface area contributed by atoms with Gasteiger partial charge in [0.2, 0.25) is 6.29 Å². The maximum absolute atomic E-state index is 10.1. The van der Waals surface area contributed by atoms with Crippen molar-refractivity contribution in [2.45, 2.75) is 0 Å². The van der Waals surface area contributed by atoms with Crippen LogP contribution in [0.15, 0.2) is 18.2 Å². The van der Waals surface area contributed by atoms with Crippen LogP contribution in [0.4, 0.5) is 5.69 Å². The van der Waals surface area contributed by atoms with Crippen LogP contribution in [0, 0.1) is 0 Å². The summed E-state index contributed by atoms with van der Waals surface area (Å²) in [6.45, 7) is 0. The van der Waals surface area contributed by atoms with E-state index in [9.17, 15) is 4.79 Å². The lowest BCUT2D eigenvalue weighted by molar-refractivity contribution is 0.563. The van der Waals surface area contributed by atoms with Crippen LogP contribution in [0.25, 0.3) is 0 Å². The van der Waals surface area contributed by atoms with E-state index in [0.29, 0.717) is 16.3 Å². The number of hydrogen-bond acceptors (Lipinski definition) is 2. The third-order valence-electron chi connectivity index (χ3n) is 1.10. The lowest BCUT2D eigenvalue weighted by Crippen LogP contribution is -1.87. The van der Waals surface area contributed by atoms with E-state index in [1.807, 2.05) is 0 Å². The van der Waals surface area contributed by atoms with Crippen LogP contribution in [0.2, 0.25) is 5.02 Å². The van der Waals surface area contributed by atoms with Crippen molar-refractivity contribution in [2.24, 2.45) is 0 Å². The van der Waals surface area contributed by atoms with Crippen LogP contribution in [0.5, 0.6) is 0 Å². The van der Waals surface area contributed by atoms with E-state index in [4.69, 9.17) is 17.3 Å². The van der Waals surface area contributed by atoms with Gasteiger partial charge in [-0.05, 0) is 18.2 Å². The lowest BCUT2D eigenvalue weighted by atomic mass is 10.2. The molecule has 0 bridgehead atoms. The monoisotopic (exact) mass is 154 g/mol. The molecule has 0 aromatic heterocycles. The van der Waals surface area contributed by atoms with Crippen LogP contribution in [0.1, 0.15) is 5.56 Å².